The standard InChI is InChI=1S/C11H15NO.ClH/c1-2-12-10-7-9-5-3-4-6-11(9)13-8-10;/h3-6,10,12H,2,7-8H2,1H3;1H. The molecule has 1 atom stereocenters. The van der Waals surface area contributed by atoms with Crippen LogP contribution in [-0.4, -0.2) is 19.2 Å². The molecule has 1 heterocycles. The Hall–Kier alpha value is -0.730. The van der Waals surface area contributed by atoms with Crippen LogP contribution >= 0.6 is 12.4 Å². The van der Waals surface area contributed by atoms with Gasteiger partial charge in [-0.2, -0.15) is 0 Å². The molecule has 1 aliphatic rings. The summed E-state index contributed by atoms with van der Waals surface area (Å²) in [7, 11) is 0. The van der Waals surface area contributed by atoms with Crippen molar-refractivity contribution in [3.05, 3.63) is 29.8 Å². The molecule has 1 aliphatic heterocycles. The Morgan fingerprint density at radius 2 is 2.21 bits per heavy atom. The molecule has 0 fully saturated rings. The van der Waals surface area contributed by atoms with Gasteiger partial charge in [0.1, 0.15) is 12.4 Å². The van der Waals surface area contributed by atoms with Crippen molar-refractivity contribution in [1.29, 1.82) is 0 Å². The third-order valence-electron chi connectivity index (χ3n) is 2.37. The molecular formula is C11H16ClNO. The predicted octanol–water partition coefficient (Wildman–Crippen LogP) is 2.02. The van der Waals surface area contributed by atoms with E-state index in [9.17, 15) is 0 Å². The molecule has 0 amide bonds. The monoisotopic (exact) mass is 213 g/mol. The lowest BCUT2D eigenvalue weighted by Gasteiger charge is -2.25. The molecule has 1 unspecified atom stereocenters. The number of nitrogens with one attached hydrogen (secondary N) is 1. The SMILES string of the molecule is CCNC1COc2ccccc2C1.Cl. The van der Waals surface area contributed by atoms with Gasteiger partial charge in [0.25, 0.3) is 0 Å². The molecule has 78 valence electrons. The zero-order chi connectivity index (χ0) is 9.10. The number of rotatable bonds is 2. The zero-order valence-corrected chi connectivity index (χ0v) is 9.14. The van der Waals surface area contributed by atoms with Crippen molar-refractivity contribution in [2.24, 2.45) is 0 Å². The quantitative estimate of drug-likeness (QED) is 0.812. The summed E-state index contributed by atoms with van der Waals surface area (Å²) in [6.45, 7) is 3.93. The van der Waals surface area contributed by atoms with Gasteiger partial charge in [0.2, 0.25) is 0 Å². The second-order valence-electron chi connectivity index (χ2n) is 3.38. The van der Waals surface area contributed by atoms with E-state index in [1.165, 1.54) is 5.56 Å². The Bertz CT molecular complexity index is 290. The fraction of sp³-hybridized carbons (Fsp3) is 0.455. The minimum absolute atomic E-state index is 0. The van der Waals surface area contributed by atoms with Gasteiger partial charge in [0, 0.05) is 6.04 Å². The summed E-state index contributed by atoms with van der Waals surface area (Å²) >= 11 is 0. The first-order valence-corrected chi connectivity index (χ1v) is 4.84. The van der Waals surface area contributed by atoms with E-state index in [1.807, 2.05) is 12.1 Å². The van der Waals surface area contributed by atoms with Gasteiger partial charge in [-0.1, -0.05) is 25.1 Å². The predicted molar refractivity (Wildman–Crippen MR) is 60.4 cm³/mol. The second kappa shape index (κ2) is 5.23. The highest BCUT2D eigenvalue weighted by molar-refractivity contribution is 5.85. The number of para-hydroxylation sites is 1. The first-order valence-electron chi connectivity index (χ1n) is 4.84. The Kier molecular flexibility index (Phi) is 4.23. The summed E-state index contributed by atoms with van der Waals surface area (Å²) in [5.74, 6) is 1.05. The van der Waals surface area contributed by atoms with Crippen LogP contribution in [0.3, 0.4) is 0 Å². The second-order valence-corrected chi connectivity index (χ2v) is 3.38. The average molecular weight is 214 g/mol. The van der Waals surface area contributed by atoms with Crippen molar-refractivity contribution in [1.82, 2.24) is 5.32 Å². The number of hydrogen-bond acceptors (Lipinski definition) is 2. The Morgan fingerprint density at radius 1 is 1.43 bits per heavy atom. The summed E-state index contributed by atoms with van der Waals surface area (Å²) in [6.07, 6.45) is 1.09. The fourth-order valence-corrected chi connectivity index (χ4v) is 1.75. The van der Waals surface area contributed by atoms with E-state index in [1.54, 1.807) is 0 Å². The molecule has 2 rings (SSSR count). The topological polar surface area (TPSA) is 21.3 Å². The van der Waals surface area contributed by atoms with E-state index in [2.05, 4.69) is 24.4 Å². The maximum atomic E-state index is 5.63. The molecule has 2 nitrogen and oxygen atoms in total. The molecule has 0 aliphatic carbocycles. The van der Waals surface area contributed by atoms with E-state index in [0.717, 1.165) is 25.3 Å². The van der Waals surface area contributed by atoms with Gasteiger partial charge >= 0.3 is 0 Å². The van der Waals surface area contributed by atoms with Crippen LogP contribution in [0.1, 0.15) is 12.5 Å². The molecule has 1 aromatic carbocycles. The highest BCUT2D eigenvalue weighted by atomic mass is 35.5. The van der Waals surface area contributed by atoms with Crippen LogP contribution in [0.2, 0.25) is 0 Å². The van der Waals surface area contributed by atoms with Gasteiger partial charge < -0.3 is 10.1 Å². The van der Waals surface area contributed by atoms with Gasteiger partial charge in [-0.15, -0.1) is 12.4 Å². The smallest absolute Gasteiger partial charge is 0.122 e. The summed E-state index contributed by atoms with van der Waals surface area (Å²) < 4.78 is 5.63. The van der Waals surface area contributed by atoms with E-state index in [-0.39, 0.29) is 12.4 Å². The molecule has 14 heavy (non-hydrogen) atoms. The van der Waals surface area contributed by atoms with Crippen molar-refractivity contribution in [3.63, 3.8) is 0 Å². The minimum Gasteiger partial charge on any atom is -0.492 e. The van der Waals surface area contributed by atoms with Gasteiger partial charge in [0.15, 0.2) is 0 Å². The molecule has 3 heteroatoms. The lowest BCUT2D eigenvalue weighted by molar-refractivity contribution is 0.241. The number of halogens is 1. The van der Waals surface area contributed by atoms with E-state index in [0.29, 0.717) is 6.04 Å². The van der Waals surface area contributed by atoms with Crippen molar-refractivity contribution < 1.29 is 4.74 Å². The average Bonchev–Trinajstić information content (AvgIpc) is 2.18. The van der Waals surface area contributed by atoms with Crippen LogP contribution in [-0.2, 0) is 6.42 Å². The van der Waals surface area contributed by atoms with Crippen LogP contribution < -0.4 is 10.1 Å². The van der Waals surface area contributed by atoms with Gasteiger partial charge in [-0.25, -0.2) is 0 Å². The van der Waals surface area contributed by atoms with Crippen LogP contribution in [0.25, 0.3) is 0 Å². The van der Waals surface area contributed by atoms with E-state index in [4.69, 9.17) is 4.74 Å². The largest absolute Gasteiger partial charge is 0.492 e. The number of likely N-dealkylation sites (N-methyl/N-ethyl adjacent to an activating group) is 1. The highest BCUT2D eigenvalue weighted by Gasteiger charge is 2.17. The lowest BCUT2D eigenvalue weighted by atomic mass is 10.0. The molecule has 0 saturated heterocycles. The molecule has 1 N–H and O–H groups in total. The number of ether oxygens (including phenoxy) is 1. The maximum absolute atomic E-state index is 5.63. The number of fused-ring (bicyclic) bond motifs is 1. The molecule has 0 saturated carbocycles. The van der Waals surface area contributed by atoms with Gasteiger partial charge in [0.05, 0.1) is 0 Å². The maximum Gasteiger partial charge on any atom is 0.122 e. The van der Waals surface area contributed by atoms with Crippen LogP contribution in [0.4, 0.5) is 0 Å². The first-order chi connectivity index (χ1) is 6.40. The molecule has 0 aromatic heterocycles. The molecule has 1 aromatic rings. The minimum atomic E-state index is 0. The fourth-order valence-electron chi connectivity index (χ4n) is 1.75. The summed E-state index contributed by atoms with van der Waals surface area (Å²) in [5.41, 5.74) is 1.32. The van der Waals surface area contributed by atoms with E-state index < -0.39 is 0 Å². The van der Waals surface area contributed by atoms with Crippen LogP contribution in [0, 0.1) is 0 Å². The number of benzene rings is 1. The molecule has 0 spiro atoms. The molecule has 0 bridgehead atoms. The molecular weight excluding hydrogens is 198 g/mol. The van der Waals surface area contributed by atoms with Crippen LogP contribution in [0.15, 0.2) is 24.3 Å². The Balaban J connectivity index is 0.000000980. The Morgan fingerprint density at radius 3 is 3.00 bits per heavy atom. The molecule has 0 radical (unpaired) electrons. The van der Waals surface area contributed by atoms with Crippen molar-refractivity contribution in [2.75, 3.05) is 13.2 Å². The van der Waals surface area contributed by atoms with Crippen molar-refractivity contribution >= 4 is 12.4 Å². The first kappa shape index (κ1) is 11.3. The highest BCUT2D eigenvalue weighted by Crippen LogP contribution is 2.23. The van der Waals surface area contributed by atoms with Gasteiger partial charge in [-0.3, -0.25) is 0 Å². The van der Waals surface area contributed by atoms with Gasteiger partial charge in [-0.05, 0) is 24.6 Å². The third kappa shape index (κ3) is 2.40. The lowest BCUT2D eigenvalue weighted by Crippen LogP contribution is -2.39. The van der Waals surface area contributed by atoms with Crippen molar-refractivity contribution in [3.8, 4) is 5.75 Å². The van der Waals surface area contributed by atoms with Crippen LogP contribution in [0.5, 0.6) is 5.75 Å². The zero-order valence-electron chi connectivity index (χ0n) is 8.32. The summed E-state index contributed by atoms with van der Waals surface area (Å²) in [5, 5.41) is 3.40. The van der Waals surface area contributed by atoms with E-state index >= 15 is 0 Å². The normalized spacial score (nSPS) is 19.1. The van der Waals surface area contributed by atoms with Crippen molar-refractivity contribution in [2.45, 2.75) is 19.4 Å². The summed E-state index contributed by atoms with van der Waals surface area (Å²) in [6, 6.07) is 8.75. The third-order valence-corrected chi connectivity index (χ3v) is 2.37. The number of hydrogen-bond donors (Lipinski definition) is 1. The summed E-state index contributed by atoms with van der Waals surface area (Å²) in [4.78, 5) is 0. The Labute approximate surface area is 91.1 Å².